The highest BCUT2D eigenvalue weighted by atomic mass is 32.1. The minimum atomic E-state index is 0.0198. The minimum Gasteiger partial charge on any atom is -0.352 e. The molecule has 1 aliphatic carbocycles. The van der Waals surface area contributed by atoms with Crippen LogP contribution in [0.1, 0.15) is 47.0 Å². The monoisotopic (exact) mass is 440 g/mol. The topological polar surface area (TPSA) is 65.5 Å². The summed E-state index contributed by atoms with van der Waals surface area (Å²) in [5, 5.41) is 4.18. The zero-order valence-corrected chi connectivity index (χ0v) is 19.6. The van der Waals surface area contributed by atoms with Crippen LogP contribution in [0.25, 0.3) is 0 Å². The normalized spacial score (nSPS) is 18.6. The molecule has 2 amide bonds. The maximum Gasteiger partial charge on any atom is 0.223 e. The molecule has 1 atom stereocenters. The molecule has 1 aliphatic heterocycles. The Morgan fingerprint density at radius 1 is 1.16 bits per heavy atom. The molecule has 1 saturated heterocycles. The van der Waals surface area contributed by atoms with Gasteiger partial charge in [0.1, 0.15) is 0 Å². The van der Waals surface area contributed by atoms with Crippen molar-refractivity contribution in [1.82, 2.24) is 15.2 Å². The second-order valence-electron chi connectivity index (χ2n) is 8.66. The van der Waals surface area contributed by atoms with Crippen molar-refractivity contribution in [3.63, 3.8) is 0 Å². The van der Waals surface area contributed by atoms with E-state index in [1.165, 1.54) is 16.0 Å². The van der Waals surface area contributed by atoms with E-state index in [-0.39, 0.29) is 17.7 Å². The number of benzene rings is 1. The fourth-order valence-electron chi connectivity index (χ4n) is 4.34. The van der Waals surface area contributed by atoms with Crippen molar-refractivity contribution in [3.8, 4) is 0 Å². The van der Waals surface area contributed by atoms with Gasteiger partial charge in [-0.05, 0) is 49.8 Å². The van der Waals surface area contributed by atoms with Gasteiger partial charge in [0.15, 0.2) is 5.13 Å². The summed E-state index contributed by atoms with van der Waals surface area (Å²) in [5.41, 5.74) is 4.83. The Labute approximate surface area is 188 Å². The number of aryl methyl sites for hydroxylation is 3. The number of carbonyl (C=O) groups excluding carboxylic acids is 2. The molecular formula is C24H32N4O2S. The molecule has 7 heteroatoms. The summed E-state index contributed by atoms with van der Waals surface area (Å²) in [7, 11) is 0. The quantitative estimate of drug-likeness (QED) is 0.775. The van der Waals surface area contributed by atoms with Crippen LogP contribution in [0.2, 0.25) is 0 Å². The van der Waals surface area contributed by atoms with Crippen LogP contribution in [0.3, 0.4) is 0 Å². The number of nitrogens with one attached hydrogen (secondary N) is 1. The molecule has 1 aromatic heterocycles. The Balaban J connectivity index is 1.32. The van der Waals surface area contributed by atoms with E-state index in [0.717, 1.165) is 61.8 Å². The van der Waals surface area contributed by atoms with E-state index in [2.05, 4.69) is 42.3 Å². The smallest absolute Gasteiger partial charge is 0.223 e. The first-order valence-electron chi connectivity index (χ1n) is 11.3. The lowest BCUT2D eigenvalue weighted by Crippen LogP contribution is -2.48. The van der Waals surface area contributed by atoms with E-state index < -0.39 is 0 Å². The average molecular weight is 441 g/mol. The summed E-state index contributed by atoms with van der Waals surface area (Å²) in [6, 6.07) is 6.35. The number of rotatable bonds is 5. The molecule has 0 saturated carbocycles. The van der Waals surface area contributed by atoms with E-state index >= 15 is 0 Å². The molecule has 31 heavy (non-hydrogen) atoms. The van der Waals surface area contributed by atoms with Crippen molar-refractivity contribution in [2.45, 2.75) is 53.0 Å². The molecule has 2 aromatic rings. The van der Waals surface area contributed by atoms with Gasteiger partial charge in [-0.1, -0.05) is 25.1 Å². The van der Waals surface area contributed by atoms with Crippen LogP contribution >= 0.6 is 11.3 Å². The number of fused-ring (bicyclic) bond motifs is 1. The van der Waals surface area contributed by atoms with Crippen LogP contribution in [0, 0.1) is 19.8 Å². The molecule has 6 nitrogen and oxygen atoms in total. The van der Waals surface area contributed by atoms with Gasteiger partial charge in [-0.25, -0.2) is 4.98 Å². The number of piperazine rings is 1. The maximum atomic E-state index is 12.8. The Hall–Kier alpha value is -2.41. The van der Waals surface area contributed by atoms with Gasteiger partial charge >= 0.3 is 0 Å². The van der Waals surface area contributed by atoms with Crippen molar-refractivity contribution >= 4 is 28.3 Å². The lowest BCUT2D eigenvalue weighted by atomic mass is 9.90. The predicted molar refractivity (Wildman–Crippen MR) is 124 cm³/mol. The van der Waals surface area contributed by atoms with Crippen LogP contribution in [0.4, 0.5) is 5.13 Å². The first-order chi connectivity index (χ1) is 14.9. The molecular weight excluding hydrogens is 408 g/mol. The lowest BCUT2D eigenvalue weighted by Gasteiger charge is -2.34. The zero-order chi connectivity index (χ0) is 22.0. The fraction of sp³-hybridized carbons (Fsp3) is 0.542. The summed E-state index contributed by atoms with van der Waals surface area (Å²) >= 11 is 1.73. The number of carbonyl (C=O) groups is 2. The van der Waals surface area contributed by atoms with Crippen LogP contribution in [0.5, 0.6) is 0 Å². The maximum absolute atomic E-state index is 12.8. The molecule has 1 aromatic carbocycles. The van der Waals surface area contributed by atoms with Gasteiger partial charge in [0.25, 0.3) is 0 Å². The molecule has 2 aliphatic rings. The molecule has 1 N–H and O–H groups in total. The van der Waals surface area contributed by atoms with Gasteiger partial charge in [-0.3, -0.25) is 9.59 Å². The molecule has 4 rings (SSSR count). The number of nitrogens with zero attached hydrogens (tertiary/aromatic N) is 3. The van der Waals surface area contributed by atoms with E-state index in [1.807, 2.05) is 11.8 Å². The Kier molecular flexibility index (Phi) is 6.60. The Bertz CT molecular complexity index is 962. The van der Waals surface area contributed by atoms with Crippen molar-refractivity contribution in [2.75, 3.05) is 31.1 Å². The third-order valence-corrected chi connectivity index (χ3v) is 7.72. The van der Waals surface area contributed by atoms with Gasteiger partial charge in [0.05, 0.1) is 5.69 Å². The molecule has 0 radical (unpaired) electrons. The standard InChI is InChI=1S/C24H32N4O2S/c1-4-22(29)27-9-11-28(12-10-27)24-26-20-8-7-19(14-21(20)31-24)23(30)25-15-18-6-5-16(2)17(3)13-18/h5-6,13,19H,4,7-12,14-15H2,1-3H3,(H,25,30)/t19-/m1/s1. The van der Waals surface area contributed by atoms with Gasteiger partial charge < -0.3 is 15.1 Å². The molecule has 0 unspecified atom stereocenters. The first kappa shape index (κ1) is 21.8. The highest BCUT2D eigenvalue weighted by molar-refractivity contribution is 7.15. The molecule has 2 heterocycles. The third-order valence-electron chi connectivity index (χ3n) is 6.54. The predicted octanol–water partition coefficient (Wildman–Crippen LogP) is 3.24. The summed E-state index contributed by atoms with van der Waals surface area (Å²) in [4.78, 5) is 35.1. The summed E-state index contributed by atoms with van der Waals surface area (Å²) < 4.78 is 0. The zero-order valence-electron chi connectivity index (χ0n) is 18.7. The molecule has 1 fully saturated rings. The highest BCUT2D eigenvalue weighted by Crippen LogP contribution is 2.34. The van der Waals surface area contributed by atoms with Crippen LogP contribution < -0.4 is 10.2 Å². The first-order valence-corrected chi connectivity index (χ1v) is 12.1. The Morgan fingerprint density at radius 2 is 1.94 bits per heavy atom. The number of thiazole rings is 1. The van der Waals surface area contributed by atoms with E-state index in [1.54, 1.807) is 11.3 Å². The van der Waals surface area contributed by atoms with Gasteiger partial charge in [-0.2, -0.15) is 0 Å². The number of amides is 2. The minimum absolute atomic E-state index is 0.0198. The Morgan fingerprint density at radius 3 is 2.65 bits per heavy atom. The SMILES string of the molecule is CCC(=O)N1CCN(c2nc3c(s2)C[C@H](C(=O)NCc2ccc(C)c(C)c2)CC3)CC1. The van der Waals surface area contributed by atoms with E-state index in [9.17, 15) is 9.59 Å². The summed E-state index contributed by atoms with van der Waals surface area (Å²) in [6.45, 7) is 9.89. The van der Waals surface area contributed by atoms with Crippen LogP contribution in [0.15, 0.2) is 18.2 Å². The van der Waals surface area contributed by atoms with Crippen molar-refractivity contribution < 1.29 is 9.59 Å². The van der Waals surface area contributed by atoms with Crippen molar-refractivity contribution in [1.29, 1.82) is 0 Å². The third kappa shape index (κ3) is 4.92. The molecule has 166 valence electrons. The number of hydrogen-bond donors (Lipinski definition) is 1. The number of anilines is 1. The molecule has 0 bridgehead atoms. The molecule has 0 spiro atoms. The van der Waals surface area contributed by atoms with Crippen LogP contribution in [-0.2, 0) is 29.0 Å². The number of aromatic nitrogens is 1. The van der Waals surface area contributed by atoms with E-state index in [0.29, 0.717) is 13.0 Å². The average Bonchev–Trinajstić information content (AvgIpc) is 3.22. The van der Waals surface area contributed by atoms with Gasteiger partial charge in [0, 0.05) is 49.9 Å². The fourth-order valence-corrected chi connectivity index (χ4v) is 5.58. The van der Waals surface area contributed by atoms with Crippen LogP contribution in [-0.4, -0.2) is 47.9 Å². The highest BCUT2D eigenvalue weighted by Gasteiger charge is 2.29. The summed E-state index contributed by atoms with van der Waals surface area (Å²) in [5.74, 6) is 0.393. The van der Waals surface area contributed by atoms with Gasteiger partial charge in [-0.15, -0.1) is 11.3 Å². The van der Waals surface area contributed by atoms with Gasteiger partial charge in [0.2, 0.25) is 11.8 Å². The van der Waals surface area contributed by atoms with Crippen molar-refractivity contribution in [3.05, 3.63) is 45.5 Å². The second kappa shape index (κ2) is 9.39. The number of hydrogen-bond acceptors (Lipinski definition) is 5. The summed E-state index contributed by atoms with van der Waals surface area (Å²) in [6.07, 6.45) is 3.06. The lowest BCUT2D eigenvalue weighted by molar-refractivity contribution is -0.131. The van der Waals surface area contributed by atoms with Crippen molar-refractivity contribution in [2.24, 2.45) is 5.92 Å². The van der Waals surface area contributed by atoms with E-state index in [4.69, 9.17) is 4.98 Å². The second-order valence-corrected chi connectivity index (χ2v) is 9.73. The largest absolute Gasteiger partial charge is 0.352 e.